The van der Waals surface area contributed by atoms with E-state index in [1.54, 1.807) is 7.11 Å². The molecule has 5 heteroatoms. The number of nitrogens with zero attached hydrogens (tertiary/aromatic N) is 1. The number of Topliss-reactive ketones (excluding diaryl/α,β-unsaturated/α-hetero) is 1. The molecule has 0 amide bonds. The van der Waals surface area contributed by atoms with Gasteiger partial charge in [-0.05, 0) is 41.1 Å². The van der Waals surface area contributed by atoms with Crippen LogP contribution in [0.1, 0.15) is 21.6 Å². The van der Waals surface area contributed by atoms with E-state index in [1.165, 1.54) is 18.3 Å². The van der Waals surface area contributed by atoms with Crippen LogP contribution in [0.2, 0.25) is 0 Å². The zero-order valence-corrected chi connectivity index (χ0v) is 12.7. The average molecular weight is 326 g/mol. The first kappa shape index (κ1) is 13.2. The lowest BCUT2D eigenvalue weighted by Gasteiger charge is -2.05. The molecule has 0 aliphatic carbocycles. The Hall–Kier alpha value is -1.20. The number of ketones is 1. The second-order valence-corrected chi connectivity index (χ2v) is 5.89. The summed E-state index contributed by atoms with van der Waals surface area (Å²) in [6.45, 7) is 3.50. The van der Waals surface area contributed by atoms with Crippen LogP contribution in [-0.2, 0) is 0 Å². The topological polar surface area (TPSA) is 39.2 Å². The zero-order chi connectivity index (χ0) is 13.3. The molecule has 2 rings (SSSR count). The van der Waals surface area contributed by atoms with Gasteiger partial charge >= 0.3 is 0 Å². The number of aromatic nitrogens is 1. The highest BCUT2D eigenvalue weighted by Crippen LogP contribution is 2.33. The fourth-order valence-electron chi connectivity index (χ4n) is 1.63. The van der Waals surface area contributed by atoms with E-state index < -0.39 is 0 Å². The Bertz CT molecular complexity index is 607. The van der Waals surface area contributed by atoms with Crippen molar-refractivity contribution in [2.24, 2.45) is 0 Å². The number of methoxy groups -OCH3 is 1. The Labute approximate surface area is 118 Å². The van der Waals surface area contributed by atoms with Gasteiger partial charge in [0.2, 0.25) is 0 Å². The van der Waals surface area contributed by atoms with E-state index in [2.05, 4.69) is 20.9 Å². The summed E-state index contributed by atoms with van der Waals surface area (Å²) in [4.78, 5) is 16.8. The molecule has 2 aromatic rings. The lowest BCUT2D eigenvalue weighted by molar-refractivity contribution is 0.101. The molecule has 0 saturated heterocycles. The SMILES string of the molecule is COc1ccc(-c2nc(C(C)=O)sc2C)cc1Br. The Morgan fingerprint density at radius 1 is 1.44 bits per heavy atom. The van der Waals surface area contributed by atoms with Crippen LogP contribution >= 0.6 is 27.3 Å². The smallest absolute Gasteiger partial charge is 0.188 e. The minimum Gasteiger partial charge on any atom is -0.496 e. The quantitative estimate of drug-likeness (QED) is 0.798. The number of benzene rings is 1. The van der Waals surface area contributed by atoms with Crippen LogP contribution in [0, 0.1) is 6.92 Å². The van der Waals surface area contributed by atoms with Gasteiger partial charge in [0.25, 0.3) is 0 Å². The standard InChI is InChI=1S/C13H12BrNO2S/c1-7(16)13-15-12(8(2)18-13)9-4-5-11(17-3)10(14)6-9/h4-6H,1-3H3. The molecule has 3 nitrogen and oxygen atoms in total. The van der Waals surface area contributed by atoms with E-state index in [0.717, 1.165) is 26.4 Å². The van der Waals surface area contributed by atoms with E-state index in [4.69, 9.17) is 4.74 Å². The lowest BCUT2D eigenvalue weighted by atomic mass is 10.1. The van der Waals surface area contributed by atoms with Crippen molar-refractivity contribution < 1.29 is 9.53 Å². The van der Waals surface area contributed by atoms with Crippen molar-refractivity contribution in [1.82, 2.24) is 4.98 Å². The van der Waals surface area contributed by atoms with Gasteiger partial charge in [0.15, 0.2) is 10.8 Å². The minimum absolute atomic E-state index is 0.00178. The molecular weight excluding hydrogens is 314 g/mol. The first-order valence-electron chi connectivity index (χ1n) is 5.35. The predicted molar refractivity (Wildman–Crippen MR) is 76.5 cm³/mol. The number of thiazole rings is 1. The molecule has 0 fully saturated rings. The van der Waals surface area contributed by atoms with Crippen molar-refractivity contribution in [3.63, 3.8) is 0 Å². The van der Waals surface area contributed by atoms with Gasteiger partial charge in [0.05, 0.1) is 17.3 Å². The van der Waals surface area contributed by atoms with E-state index in [1.807, 2.05) is 25.1 Å². The molecular formula is C13H12BrNO2S. The van der Waals surface area contributed by atoms with Crippen molar-refractivity contribution >= 4 is 33.0 Å². The molecule has 18 heavy (non-hydrogen) atoms. The molecule has 1 heterocycles. The first-order valence-corrected chi connectivity index (χ1v) is 6.96. The van der Waals surface area contributed by atoms with Crippen molar-refractivity contribution in [2.75, 3.05) is 7.11 Å². The third-order valence-electron chi connectivity index (χ3n) is 2.52. The molecule has 0 N–H and O–H groups in total. The second kappa shape index (κ2) is 5.20. The van der Waals surface area contributed by atoms with Crippen LogP contribution in [-0.4, -0.2) is 17.9 Å². The second-order valence-electron chi connectivity index (χ2n) is 3.83. The molecule has 0 bridgehead atoms. The summed E-state index contributed by atoms with van der Waals surface area (Å²) in [6, 6.07) is 5.77. The van der Waals surface area contributed by atoms with E-state index in [9.17, 15) is 4.79 Å². The van der Waals surface area contributed by atoms with Crippen molar-refractivity contribution in [3.8, 4) is 17.0 Å². The number of hydrogen-bond acceptors (Lipinski definition) is 4. The van der Waals surface area contributed by atoms with Crippen molar-refractivity contribution in [2.45, 2.75) is 13.8 Å². The monoisotopic (exact) mass is 325 g/mol. The summed E-state index contributed by atoms with van der Waals surface area (Å²) < 4.78 is 6.07. The lowest BCUT2D eigenvalue weighted by Crippen LogP contribution is -1.90. The zero-order valence-electron chi connectivity index (χ0n) is 10.3. The number of aryl methyl sites for hydroxylation is 1. The average Bonchev–Trinajstić information content (AvgIpc) is 2.71. The third kappa shape index (κ3) is 2.47. The van der Waals surface area contributed by atoms with Crippen LogP contribution in [0.25, 0.3) is 11.3 Å². The molecule has 0 unspecified atom stereocenters. The molecule has 0 spiro atoms. The molecule has 0 radical (unpaired) electrons. The van der Waals surface area contributed by atoms with Gasteiger partial charge in [-0.25, -0.2) is 4.98 Å². The summed E-state index contributed by atoms with van der Waals surface area (Å²) in [5.74, 6) is 0.778. The van der Waals surface area contributed by atoms with Gasteiger partial charge in [-0.15, -0.1) is 11.3 Å². The van der Waals surface area contributed by atoms with E-state index in [-0.39, 0.29) is 5.78 Å². The van der Waals surface area contributed by atoms with Crippen molar-refractivity contribution in [1.29, 1.82) is 0 Å². The predicted octanol–water partition coefficient (Wildman–Crippen LogP) is 4.09. The number of rotatable bonds is 3. The third-order valence-corrected chi connectivity index (χ3v) is 4.21. The summed E-state index contributed by atoms with van der Waals surface area (Å²) in [5.41, 5.74) is 1.83. The van der Waals surface area contributed by atoms with E-state index in [0.29, 0.717) is 5.01 Å². The molecule has 0 saturated carbocycles. The first-order chi connectivity index (χ1) is 8.52. The highest BCUT2D eigenvalue weighted by atomic mass is 79.9. The Kier molecular flexibility index (Phi) is 3.82. The summed E-state index contributed by atoms with van der Waals surface area (Å²) in [5, 5.41) is 0.550. The number of carbonyl (C=O) groups excluding carboxylic acids is 1. The number of carbonyl (C=O) groups is 1. The maximum absolute atomic E-state index is 11.3. The van der Waals surface area contributed by atoms with Gasteiger partial charge < -0.3 is 4.74 Å². The summed E-state index contributed by atoms with van der Waals surface area (Å²) in [7, 11) is 1.63. The number of halogens is 1. The minimum atomic E-state index is 0.00178. The Balaban J connectivity index is 2.48. The molecule has 0 aliphatic heterocycles. The maximum Gasteiger partial charge on any atom is 0.188 e. The molecule has 1 aromatic heterocycles. The molecule has 0 atom stereocenters. The molecule has 94 valence electrons. The number of hydrogen-bond donors (Lipinski definition) is 0. The van der Waals surface area contributed by atoms with Crippen LogP contribution in [0.5, 0.6) is 5.75 Å². The van der Waals surface area contributed by atoms with Crippen molar-refractivity contribution in [3.05, 3.63) is 32.6 Å². The Morgan fingerprint density at radius 3 is 2.67 bits per heavy atom. The van der Waals surface area contributed by atoms with Crippen LogP contribution < -0.4 is 4.74 Å². The van der Waals surface area contributed by atoms with Gasteiger partial charge in [-0.1, -0.05) is 0 Å². The fraction of sp³-hybridized carbons (Fsp3) is 0.231. The van der Waals surface area contributed by atoms with Gasteiger partial charge in [-0.3, -0.25) is 4.79 Å². The van der Waals surface area contributed by atoms with Gasteiger partial charge in [0, 0.05) is 17.4 Å². The largest absolute Gasteiger partial charge is 0.496 e. The molecule has 1 aromatic carbocycles. The van der Waals surface area contributed by atoms with Crippen LogP contribution in [0.3, 0.4) is 0 Å². The fourth-order valence-corrected chi connectivity index (χ4v) is 3.00. The molecule has 0 aliphatic rings. The van der Waals surface area contributed by atoms with Crippen LogP contribution in [0.4, 0.5) is 0 Å². The Morgan fingerprint density at radius 2 is 2.17 bits per heavy atom. The highest BCUT2D eigenvalue weighted by molar-refractivity contribution is 9.10. The normalized spacial score (nSPS) is 10.4. The number of ether oxygens (including phenoxy) is 1. The summed E-state index contributed by atoms with van der Waals surface area (Å²) in [6.07, 6.45) is 0. The van der Waals surface area contributed by atoms with Gasteiger partial charge in [-0.2, -0.15) is 0 Å². The highest BCUT2D eigenvalue weighted by Gasteiger charge is 2.13. The van der Waals surface area contributed by atoms with Crippen LogP contribution in [0.15, 0.2) is 22.7 Å². The van der Waals surface area contributed by atoms with Gasteiger partial charge in [0.1, 0.15) is 5.75 Å². The summed E-state index contributed by atoms with van der Waals surface area (Å²) >= 11 is 4.87. The maximum atomic E-state index is 11.3. The van der Waals surface area contributed by atoms with E-state index >= 15 is 0 Å².